The van der Waals surface area contributed by atoms with Crippen LogP contribution < -0.4 is 5.73 Å². The van der Waals surface area contributed by atoms with E-state index in [2.05, 4.69) is 0 Å². The molecule has 0 spiro atoms. The Bertz CT molecular complexity index is 336. The van der Waals surface area contributed by atoms with Crippen LogP contribution in [0, 0.1) is 6.92 Å². The van der Waals surface area contributed by atoms with Gasteiger partial charge < -0.3 is 5.73 Å². The van der Waals surface area contributed by atoms with Crippen LogP contribution in [0.25, 0.3) is 0 Å². The Balaban J connectivity index is 3.04. The molecule has 0 aliphatic rings. The van der Waals surface area contributed by atoms with Gasteiger partial charge in [-0.1, -0.05) is 6.07 Å². The summed E-state index contributed by atoms with van der Waals surface area (Å²) in [6.07, 6.45) is 0. The predicted octanol–water partition coefficient (Wildman–Crippen LogP) is 1.16. The summed E-state index contributed by atoms with van der Waals surface area (Å²) in [5, 5.41) is 0. The SMILES string of the molecule is Cc1ccc(S(=O)N(C)C)cc1N. The van der Waals surface area contributed by atoms with Gasteiger partial charge in [-0.05, 0) is 38.7 Å². The van der Waals surface area contributed by atoms with Crippen molar-refractivity contribution >= 4 is 16.7 Å². The van der Waals surface area contributed by atoms with Crippen LogP contribution in [0.1, 0.15) is 5.56 Å². The van der Waals surface area contributed by atoms with Gasteiger partial charge in [0.1, 0.15) is 11.0 Å². The van der Waals surface area contributed by atoms with E-state index >= 15 is 0 Å². The molecule has 0 fully saturated rings. The van der Waals surface area contributed by atoms with Crippen LogP contribution >= 0.6 is 0 Å². The molecule has 2 N–H and O–H groups in total. The number of nitrogen functional groups attached to an aromatic ring is 1. The molecule has 0 saturated carbocycles. The monoisotopic (exact) mass is 198 g/mol. The maximum absolute atomic E-state index is 11.6. The van der Waals surface area contributed by atoms with Crippen LogP contribution in [0.15, 0.2) is 23.1 Å². The van der Waals surface area contributed by atoms with E-state index in [1.165, 1.54) is 0 Å². The highest BCUT2D eigenvalue weighted by Gasteiger charge is 2.06. The number of aryl methyl sites for hydroxylation is 1. The van der Waals surface area contributed by atoms with Gasteiger partial charge in [0.05, 0.1) is 4.90 Å². The quantitative estimate of drug-likeness (QED) is 0.725. The van der Waals surface area contributed by atoms with Crippen molar-refractivity contribution in [3.8, 4) is 0 Å². The highest BCUT2D eigenvalue weighted by molar-refractivity contribution is 7.82. The maximum atomic E-state index is 11.6. The first-order valence-electron chi connectivity index (χ1n) is 3.97. The van der Waals surface area contributed by atoms with E-state index in [0.29, 0.717) is 5.69 Å². The summed E-state index contributed by atoms with van der Waals surface area (Å²) in [5.41, 5.74) is 7.41. The zero-order valence-corrected chi connectivity index (χ0v) is 8.89. The van der Waals surface area contributed by atoms with Crippen molar-refractivity contribution in [1.82, 2.24) is 4.31 Å². The van der Waals surface area contributed by atoms with Gasteiger partial charge in [0.2, 0.25) is 0 Å². The fourth-order valence-electron chi connectivity index (χ4n) is 0.938. The topological polar surface area (TPSA) is 46.3 Å². The molecule has 0 radical (unpaired) electrons. The lowest BCUT2D eigenvalue weighted by Gasteiger charge is -2.10. The molecular weight excluding hydrogens is 184 g/mol. The minimum Gasteiger partial charge on any atom is -0.398 e. The molecule has 72 valence electrons. The van der Waals surface area contributed by atoms with Gasteiger partial charge in [0.15, 0.2) is 0 Å². The first kappa shape index (κ1) is 10.2. The molecule has 0 aliphatic heterocycles. The number of rotatable bonds is 2. The third kappa shape index (κ3) is 2.29. The molecule has 13 heavy (non-hydrogen) atoms. The second-order valence-corrected chi connectivity index (χ2v) is 4.78. The molecule has 0 aliphatic carbocycles. The van der Waals surface area contributed by atoms with Crippen LogP contribution in [0.3, 0.4) is 0 Å². The summed E-state index contributed by atoms with van der Waals surface area (Å²) in [5.74, 6) is 0. The van der Waals surface area contributed by atoms with Crippen molar-refractivity contribution in [3.05, 3.63) is 23.8 Å². The highest BCUT2D eigenvalue weighted by atomic mass is 32.2. The van der Waals surface area contributed by atoms with E-state index in [1.807, 2.05) is 19.1 Å². The molecule has 1 atom stereocenters. The smallest absolute Gasteiger partial charge is 0.127 e. The average Bonchev–Trinajstić information content (AvgIpc) is 2.08. The van der Waals surface area contributed by atoms with Gasteiger partial charge in [-0.3, -0.25) is 0 Å². The molecule has 0 saturated heterocycles. The summed E-state index contributed by atoms with van der Waals surface area (Å²) >= 11 is 0. The molecule has 0 heterocycles. The number of anilines is 1. The minimum absolute atomic E-state index is 0.688. The Kier molecular flexibility index (Phi) is 3.06. The summed E-state index contributed by atoms with van der Waals surface area (Å²) in [4.78, 5) is 0.744. The second-order valence-electron chi connectivity index (χ2n) is 3.08. The molecule has 0 aromatic heterocycles. The molecule has 1 unspecified atom stereocenters. The molecule has 1 rings (SSSR count). The van der Waals surface area contributed by atoms with E-state index in [0.717, 1.165) is 10.5 Å². The van der Waals surface area contributed by atoms with Crippen molar-refractivity contribution in [3.63, 3.8) is 0 Å². The summed E-state index contributed by atoms with van der Waals surface area (Å²) in [6.45, 7) is 1.93. The normalized spacial score (nSPS) is 13.2. The standard InChI is InChI=1S/C9H14N2OS/c1-7-4-5-8(6-9(7)10)13(12)11(2)3/h4-6H,10H2,1-3H3. The van der Waals surface area contributed by atoms with Crippen molar-refractivity contribution in [2.75, 3.05) is 19.8 Å². The number of benzene rings is 1. The highest BCUT2D eigenvalue weighted by Crippen LogP contribution is 2.16. The Morgan fingerprint density at radius 2 is 2.00 bits per heavy atom. The fraction of sp³-hybridized carbons (Fsp3) is 0.333. The van der Waals surface area contributed by atoms with Crippen LogP contribution in [0.2, 0.25) is 0 Å². The van der Waals surface area contributed by atoms with Crippen molar-refractivity contribution in [2.45, 2.75) is 11.8 Å². The Hall–Kier alpha value is -0.870. The number of nitrogens with zero attached hydrogens (tertiary/aromatic N) is 1. The predicted molar refractivity (Wildman–Crippen MR) is 55.7 cm³/mol. The third-order valence-electron chi connectivity index (χ3n) is 1.78. The van der Waals surface area contributed by atoms with Gasteiger partial charge in [-0.15, -0.1) is 0 Å². The van der Waals surface area contributed by atoms with Crippen LogP contribution in [0.4, 0.5) is 5.69 Å². The molecular formula is C9H14N2OS. The van der Waals surface area contributed by atoms with Crippen LogP contribution in [-0.4, -0.2) is 22.6 Å². The van der Waals surface area contributed by atoms with Gasteiger partial charge in [-0.25, -0.2) is 8.51 Å². The molecule has 1 aromatic rings. The zero-order valence-electron chi connectivity index (χ0n) is 8.07. The maximum Gasteiger partial charge on any atom is 0.127 e. The number of hydrogen-bond acceptors (Lipinski definition) is 2. The van der Waals surface area contributed by atoms with Crippen molar-refractivity contribution in [2.24, 2.45) is 0 Å². The van der Waals surface area contributed by atoms with Gasteiger partial charge in [0, 0.05) is 5.69 Å². The first-order chi connectivity index (χ1) is 6.02. The lowest BCUT2D eigenvalue weighted by Crippen LogP contribution is -2.15. The summed E-state index contributed by atoms with van der Waals surface area (Å²) < 4.78 is 13.2. The molecule has 1 aromatic carbocycles. The van der Waals surface area contributed by atoms with Gasteiger partial charge >= 0.3 is 0 Å². The van der Waals surface area contributed by atoms with Crippen LogP contribution in [0.5, 0.6) is 0 Å². The number of nitrogens with two attached hydrogens (primary N) is 1. The van der Waals surface area contributed by atoms with E-state index < -0.39 is 11.0 Å². The lowest BCUT2D eigenvalue weighted by atomic mass is 10.2. The third-order valence-corrected chi connectivity index (χ3v) is 3.10. The zero-order chi connectivity index (χ0) is 10.0. The minimum atomic E-state index is -1.10. The Labute approximate surface area is 81.1 Å². The summed E-state index contributed by atoms with van der Waals surface area (Å²) in [6, 6.07) is 5.47. The second kappa shape index (κ2) is 3.89. The fourth-order valence-corrected chi connectivity index (χ4v) is 1.77. The van der Waals surface area contributed by atoms with E-state index in [-0.39, 0.29) is 0 Å². The van der Waals surface area contributed by atoms with Crippen molar-refractivity contribution in [1.29, 1.82) is 0 Å². The van der Waals surface area contributed by atoms with Gasteiger partial charge in [0.25, 0.3) is 0 Å². The van der Waals surface area contributed by atoms with Crippen molar-refractivity contribution < 1.29 is 4.21 Å². The molecule has 4 heteroatoms. The van der Waals surface area contributed by atoms with E-state index in [9.17, 15) is 4.21 Å². The largest absolute Gasteiger partial charge is 0.398 e. The first-order valence-corrected chi connectivity index (χ1v) is 5.08. The lowest BCUT2D eigenvalue weighted by molar-refractivity contribution is 0.603. The molecule has 0 amide bonds. The number of hydrogen-bond donors (Lipinski definition) is 1. The molecule has 0 bridgehead atoms. The molecule has 3 nitrogen and oxygen atoms in total. The average molecular weight is 198 g/mol. The summed E-state index contributed by atoms with van der Waals surface area (Å²) in [7, 11) is 2.44. The Morgan fingerprint density at radius 3 is 2.46 bits per heavy atom. The van der Waals surface area contributed by atoms with Crippen LogP contribution in [-0.2, 0) is 11.0 Å². The van der Waals surface area contributed by atoms with E-state index in [1.54, 1.807) is 24.5 Å². The van der Waals surface area contributed by atoms with Gasteiger partial charge in [-0.2, -0.15) is 0 Å². The Morgan fingerprint density at radius 1 is 1.38 bits per heavy atom. The van der Waals surface area contributed by atoms with E-state index in [4.69, 9.17) is 5.73 Å².